The van der Waals surface area contributed by atoms with Crippen LogP contribution in [0, 0.1) is 0 Å². The highest BCUT2D eigenvalue weighted by atomic mass is 15.0. The van der Waals surface area contributed by atoms with Gasteiger partial charge in [0.2, 0.25) is 0 Å². The number of hydrogen-bond acceptors (Lipinski definition) is 2. The fraction of sp³-hybridized carbons (Fsp3) is 0.727. The van der Waals surface area contributed by atoms with Crippen LogP contribution in [0.25, 0.3) is 0 Å². The predicted octanol–water partition coefficient (Wildman–Crippen LogP) is 2.18. The predicted molar refractivity (Wildman–Crippen MR) is 59.1 cm³/mol. The number of rotatable bonds is 6. The zero-order valence-electron chi connectivity index (χ0n) is 9.45. The van der Waals surface area contributed by atoms with Crippen LogP contribution in [0.4, 0.5) is 0 Å². The van der Waals surface area contributed by atoms with Gasteiger partial charge in [-0.05, 0) is 6.42 Å². The second-order valence-electron chi connectivity index (χ2n) is 3.99. The molecule has 0 saturated heterocycles. The number of nitrogens with zero attached hydrogens (tertiary/aromatic N) is 2. The summed E-state index contributed by atoms with van der Waals surface area (Å²) in [6, 6.07) is 0.524. The number of aryl methyl sites for hydroxylation is 1. The summed E-state index contributed by atoms with van der Waals surface area (Å²) in [4.78, 5) is 4.34. The van der Waals surface area contributed by atoms with Crippen molar-refractivity contribution >= 4 is 0 Å². The van der Waals surface area contributed by atoms with Crippen LogP contribution in [0.3, 0.4) is 0 Å². The fourth-order valence-electron chi connectivity index (χ4n) is 1.27. The maximum atomic E-state index is 4.34. The van der Waals surface area contributed by atoms with Gasteiger partial charge in [-0.2, -0.15) is 0 Å². The van der Waals surface area contributed by atoms with Crippen molar-refractivity contribution in [1.29, 1.82) is 0 Å². The summed E-state index contributed by atoms with van der Waals surface area (Å²) in [6.07, 6.45) is 6.52. The molecule has 0 amide bonds. The van der Waals surface area contributed by atoms with Crippen molar-refractivity contribution in [2.24, 2.45) is 0 Å². The molecule has 3 heteroatoms. The molecular formula is C11H21N3. The molecule has 1 heterocycles. The molecule has 80 valence electrons. The highest BCUT2D eigenvalue weighted by Gasteiger charge is 1.99. The molecule has 0 saturated carbocycles. The van der Waals surface area contributed by atoms with E-state index in [0.29, 0.717) is 6.04 Å². The molecule has 0 aromatic carbocycles. The fourth-order valence-corrected chi connectivity index (χ4v) is 1.27. The first-order valence-electron chi connectivity index (χ1n) is 5.46. The first-order valence-corrected chi connectivity index (χ1v) is 5.46. The van der Waals surface area contributed by atoms with Crippen LogP contribution < -0.4 is 5.32 Å². The zero-order chi connectivity index (χ0) is 10.4. The van der Waals surface area contributed by atoms with E-state index in [1.54, 1.807) is 0 Å². The van der Waals surface area contributed by atoms with Gasteiger partial charge in [-0.15, -0.1) is 0 Å². The molecule has 1 rings (SSSR count). The Morgan fingerprint density at radius 2 is 2.29 bits per heavy atom. The number of hydrogen-bond donors (Lipinski definition) is 1. The molecule has 1 aromatic heterocycles. The van der Waals surface area contributed by atoms with Gasteiger partial charge in [-0.1, -0.05) is 27.2 Å². The van der Waals surface area contributed by atoms with E-state index in [0.717, 1.165) is 18.8 Å². The van der Waals surface area contributed by atoms with E-state index in [1.165, 1.54) is 12.8 Å². The van der Waals surface area contributed by atoms with Gasteiger partial charge in [0.1, 0.15) is 0 Å². The zero-order valence-corrected chi connectivity index (χ0v) is 9.45. The van der Waals surface area contributed by atoms with Crippen molar-refractivity contribution in [3.8, 4) is 0 Å². The molecule has 3 nitrogen and oxygen atoms in total. The molecule has 0 spiro atoms. The highest BCUT2D eigenvalue weighted by molar-refractivity contribution is 4.96. The van der Waals surface area contributed by atoms with Gasteiger partial charge in [0.25, 0.3) is 0 Å². The van der Waals surface area contributed by atoms with E-state index in [9.17, 15) is 0 Å². The summed E-state index contributed by atoms with van der Waals surface area (Å²) in [6.45, 7) is 8.46. The average Bonchev–Trinajstić information content (AvgIpc) is 2.59. The minimum absolute atomic E-state index is 0.524. The van der Waals surface area contributed by atoms with Crippen LogP contribution in [-0.2, 0) is 13.1 Å². The maximum absolute atomic E-state index is 4.34. The normalized spacial score (nSPS) is 11.1. The number of imidazole rings is 1. The molecule has 1 N–H and O–H groups in total. The lowest BCUT2D eigenvalue weighted by Gasteiger charge is -2.04. The van der Waals surface area contributed by atoms with E-state index in [-0.39, 0.29) is 0 Å². The van der Waals surface area contributed by atoms with E-state index < -0.39 is 0 Å². The Morgan fingerprint density at radius 1 is 1.50 bits per heavy atom. The van der Waals surface area contributed by atoms with Crippen molar-refractivity contribution in [3.63, 3.8) is 0 Å². The molecule has 0 bridgehead atoms. The molecule has 0 aliphatic heterocycles. The molecule has 0 unspecified atom stereocenters. The Bertz CT molecular complexity index is 253. The minimum Gasteiger partial charge on any atom is -0.337 e. The quantitative estimate of drug-likeness (QED) is 0.754. The molecule has 1 aromatic rings. The summed E-state index contributed by atoms with van der Waals surface area (Å²) in [5, 5.41) is 3.36. The van der Waals surface area contributed by atoms with Crippen molar-refractivity contribution in [1.82, 2.24) is 14.9 Å². The van der Waals surface area contributed by atoms with Crippen LogP contribution >= 0.6 is 0 Å². The third-order valence-corrected chi connectivity index (χ3v) is 2.15. The average molecular weight is 195 g/mol. The summed E-state index contributed by atoms with van der Waals surface area (Å²) >= 11 is 0. The smallest absolute Gasteiger partial charge is 0.0949 e. The van der Waals surface area contributed by atoms with Crippen molar-refractivity contribution in [2.45, 2.75) is 52.7 Å². The van der Waals surface area contributed by atoms with Crippen LogP contribution in [0.15, 0.2) is 12.5 Å². The van der Waals surface area contributed by atoms with Crippen LogP contribution in [0.2, 0.25) is 0 Å². The first kappa shape index (κ1) is 11.2. The molecule has 14 heavy (non-hydrogen) atoms. The lowest BCUT2D eigenvalue weighted by atomic mass is 10.3. The topological polar surface area (TPSA) is 29.9 Å². The second kappa shape index (κ2) is 5.81. The maximum Gasteiger partial charge on any atom is 0.0949 e. The third-order valence-electron chi connectivity index (χ3n) is 2.15. The largest absolute Gasteiger partial charge is 0.337 e. The Kier molecular flexibility index (Phi) is 4.66. The second-order valence-corrected chi connectivity index (χ2v) is 3.99. The van der Waals surface area contributed by atoms with Gasteiger partial charge >= 0.3 is 0 Å². The van der Waals surface area contributed by atoms with Gasteiger partial charge in [0, 0.05) is 25.3 Å². The standard InChI is InChI=1S/C11H21N3/c1-4-5-6-14-8-11(13-9-14)7-12-10(2)3/h8-10,12H,4-7H2,1-3H3. The summed E-state index contributed by atoms with van der Waals surface area (Å²) in [7, 11) is 0. The molecular weight excluding hydrogens is 174 g/mol. The van der Waals surface area contributed by atoms with Gasteiger partial charge in [0.15, 0.2) is 0 Å². The number of unbranched alkanes of at least 4 members (excludes halogenated alkanes) is 1. The van der Waals surface area contributed by atoms with Gasteiger partial charge in [-0.3, -0.25) is 0 Å². The van der Waals surface area contributed by atoms with Crippen LogP contribution in [0.1, 0.15) is 39.3 Å². The van der Waals surface area contributed by atoms with Gasteiger partial charge in [0.05, 0.1) is 12.0 Å². The third kappa shape index (κ3) is 3.92. The highest BCUT2D eigenvalue weighted by Crippen LogP contribution is 1.99. The van der Waals surface area contributed by atoms with Gasteiger partial charge < -0.3 is 9.88 Å². The van der Waals surface area contributed by atoms with Crippen molar-refractivity contribution in [3.05, 3.63) is 18.2 Å². The monoisotopic (exact) mass is 195 g/mol. The number of aromatic nitrogens is 2. The Morgan fingerprint density at radius 3 is 2.93 bits per heavy atom. The molecule has 0 aliphatic rings. The van der Waals surface area contributed by atoms with E-state index in [4.69, 9.17) is 0 Å². The van der Waals surface area contributed by atoms with Crippen LogP contribution in [-0.4, -0.2) is 15.6 Å². The SMILES string of the molecule is CCCCn1cnc(CNC(C)C)c1. The number of nitrogens with one attached hydrogen (secondary N) is 1. The lowest BCUT2D eigenvalue weighted by Crippen LogP contribution is -2.21. The van der Waals surface area contributed by atoms with Crippen molar-refractivity contribution < 1.29 is 0 Å². The van der Waals surface area contributed by atoms with Crippen molar-refractivity contribution in [2.75, 3.05) is 0 Å². The molecule has 0 aliphatic carbocycles. The lowest BCUT2D eigenvalue weighted by molar-refractivity contribution is 0.581. The van der Waals surface area contributed by atoms with E-state index in [1.807, 2.05) is 6.33 Å². The van der Waals surface area contributed by atoms with Gasteiger partial charge in [-0.25, -0.2) is 4.98 Å². The summed E-state index contributed by atoms with van der Waals surface area (Å²) in [5.74, 6) is 0. The summed E-state index contributed by atoms with van der Waals surface area (Å²) in [5.41, 5.74) is 1.13. The first-order chi connectivity index (χ1) is 6.72. The molecule has 0 radical (unpaired) electrons. The molecule has 0 fully saturated rings. The Balaban J connectivity index is 2.35. The van der Waals surface area contributed by atoms with E-state index >= 15 is 0 Å². The van der Waals surface area contributed by atoms with Crippen LogP contribution in [0.5, 0.6) is 0 Å². The molecule has 0 atom stereocenters. The Labute approximate surface area is 86.5 Å². The minimum atomic E-state index is 0.524. The summed E-state index contributed by atoms with van der Waals surface area (Å²) < 4.78 is 2.17. The Hall–Kier alpha value is -0.830. The van der Waals surface area contributed by atoms with E-state index in [2.05, 4.69) is 41.8 Å².